The molecule has 0 bridgehead atoms. The topological polar surface area (TPSA) is 74.5 Å². The van der Waals surface area contributed by atoms with E-state index in [-0.39, 0.29) is 30.1 Å². The van der Waals surface area contributed by atoms with Gasteiger partial charge in [0, 0.05) is 12.0 Å². The quantitative estimate of drug-likeness (QED) is 0.362. The molecule has 0 N–H and O–H groups in total. The molecule has 0 amide bonds. The lowest BCUT2D eigenvalue weighted by molar-refractivity contribution is -0.253. The minimum absolute atomic E-state index is 0.0113. The van der Waals surface area contributed by atoms with E-state index in [1.165, 1.54) is 12.1 Å². The zero-order chi connectivity index (χ0) is 21.8. The number of nitrogens with zero attached hydrogens (tertiary/aromatic N) is 2. The normalized spacial score (nSPS) is 12.1. The molecule has 0 radical (unpaired) electrons. The highest BCUT2D eigenvalue weighted by Gasteiger charge is 2.43. The van der Waals surface area contributed by atoms with Crippen LogP contribution in [0.4, 0.5) is 17.6 Å². The molecule has 2 rings (SSSR count). The third-order valence-electron chi connectivity index (χ3n) is 3.36. The third kappa shape index (κ3) is 6.88. The van der Waals surface area contributed by atoms with Crippen LogP contribution in [0.5, 0.6) is 5.75 Å². The summed E-state index contributed by atoms with van der Waals surface area (Å²) >= 11 is 0. The van der Waals surface area contributed by atoms with Crippen molar-refractivity contribution in [1.29, 1.82) is 0 Å². The van der Waals surface area contributed by atoms with E-state index in [1.54, 1.807) is 20.8 Å². The number of hydrogen-bond acceptors (Lipinski definition) is 6. The van der Waals surface area contributed by atoms with E-state index < -0.39 is 29.9 Å². The Balaban J connectivity index is 1.95. The second-order valence-corrected chi connectivity index (χ2v) is 7.17. The summed E-state index contributed by atoms with van der Waals surface area (Å²) in [6.45, 7) is 8.84. The van der Waals surface area contributed by atoms with Crippen molar-refractivity contribution in [3.05, 3.63) is 53.7 Å². The monoisotopic (exact) mass is 416 g/mol. The molecule has 0 aliphatic rings. The van der Waals surface area contributed by atoms with Gasteiger partial charge < -0.3 is 14.0 Å². The van der Waals surface area contributed by atoms with Crippen LogP contribution in [0.15, 0.2) is 40.9 Å². The van der Waals surface area contributed by atoms with Gasteiger partial charge in [0.25, 0.3) is 0 Å². The third-order valence-corrected chi connectivity index (χ3v) is 3.36. The average molecular weight is 416 g/mol. The first-order valence-electron chi connectivity index (χ1n) is 8.52. The SMILES string of the molecule is C=C(Cc1nc(Cc2ccc(OC(F)(F)C(F)F)cc2)no1)C(=O)OC(C)(C)C. The van der Waals surface area contributed by atoms with Crippen molar-refractivity contribution in [3.63, 3.8) is 0 Å². The van der Waals surface area contributed by atoms with Crippen molar-refractivity contribution in [2.24, 2.45) is 0 Å². The number of esters is 1. The fourth-order valence-corrected chi connectivity index (χ4v) is 2.10. The van der Waals surface area contributed by atoms with Crippen LogP contribution in [0.25, 0.3) is 0 Å². The second kappa shape index (κ2) is 8.62. The largest absolute Gasteiger partial charge is 0.461 e. The van der Waals surface area contributed by atoms with Gasteiger partial charge in [0.2, 0.25) is 5.89 Å². The van der Waals surface area contributed by atoms with Gasteiger partial charge in [0.15, 0.2) is 5.82 Å². The van der Waals surface area contributed by atoms with Gasteiger partial charge in [-0.3, -0.25) is 0 Å². The highest BCUT2D eigenvalue weighted by atomic mass is 19.3. The smallest absolute Gasteiger partial charge is 0.457 e. The maximum Gasteiger partial charge on any atom is 0.461 e. The number of aromatic nitrogens is 2. The number of carbonyl (C=O) groups excluding carboxylic acids is 1. The lowest BCUT2D eigenvalue weighted by Crippen LogP contribution is -2.33. The summed E-state index contributed by atoms with van der Waals surface area (Å²) in [5.74, 6) is -0.536. The van der Waals surface area contributed by atoms with Crippen molar-refractivity contribution in [2.45, 2.75) is 51.7 Å². The fourth-order valence-electron chi connectivity index (χ4n) is 2.10. The van der Waals surface area contributed by atoms with Crippen LogP contribution in [0.3, 0.4) is 0 Å². The lowest BCUT2D eigenvalue weighted by atomic mass is 10.1. The number of hydrogen-bond donors (Lipinski definition) is 0. The molecule has 1 heterocycles. The summed E-state index contributed by atoms with van der Waals surface area (Å²) < 4.78 is 64.3. The summed E-state index contributed by atoms with van der Waals surface area (Å²) in [4.78, 5) is 16.0. The van der Waals surface area contributed by atoms with Crippen molar-refractivity contribution >= 4 is 5.97 Å². The zero-order valence-electron chi connectivity index (χ0n) is 16.0. The van der Waals surface area contributed by atoms with E-state index in [2.05, 4.69) is 21.5 Å². The Morgan fingerprint density at radius 2 is 1.83 bits per heavy atom. The van der Waals surface area contributed by atoms with Gasteiger partial charge in [0.1, 0.15) is 11.4 Å². The van der Waals surface area contributed by atoms with E-state index >= 15 is 0 Å². The molecule has 0 saturated heterocycles. The molecule has 0 spiro atoms. The Labute approximate surface area is 164 Å². The van der Waals surface area contributed by atoms with Crippen LogP contribution in [0, 0.1) is 0 Å². The van der Waals surface area contributed by atoms with E-state index in [0.29, 0.717) is 5.56 Å². The van der Waals surface area contributed by atoms with E-state index in [9.17, 15) is 22.4 Å². The standard InChI is InChI=1S/C19H20F4N2O4/c1-11(16(26)28-18(2,3)4)9-15-24-14(25-29-15)10-12-5-7-13(8-6-12)27-19(22,23)17(20)21/h5-8,17H,1,9-10H2,2-4H3. The zero-order valence-corrected chi connectivity index (χ0v) is 16.0. The number of ether oxygens (including phenoxy) is 2. The number of benzene rings is 1. The fraction of sp³-hybridized carbons (Fsp3) is 0.421. The van der Waals surface area contributed by atoms with Gasteiger partial charge in [-0.25, -0.2) is 4.79 Å². The first-order valence-corrected chi connectivity index (χ1v) is 8.52. The van der Waals surface area contributed by atoms with Gasteiger partial charge in [-0.05, 0) is 38.5 Å². The molecular weight excluding hydrogens is 396 g/mol. The maximum absolute atomic E-state index is 12.9. The number of carbonyl (C=O) groups is 1. The van der Waals surface area contributed by atoms with Crippen LogP contribution >= 0.6 is 0 Å². The van der Waals surface area contributed by atoms with Gasteiger partial charge in [-0.2, -0.15) is 22.5 Å². The lowest BCUT2D eigenvalue weighted by Gasteiger charge is -2.19. The van der Waals surface area contributed by atoms with Gasteiger partial charge >= 0.3 is 18.5 Å². The average Bonchev–Trinajstić information content (AvgIpc) is 3.01. The molecular formula is C19H20F4N2O4. The molecule has 0 saturated carbocycles. The number of alkyl halides is 4. The van der Waals surface area contributed by atoms with Crippen molar-refractivity contribution in [3.8, 4) is 5.75 Å². The molecule has 2 aromatic rings. The van der Waals surface area contributed by atoms with Gasteiger partial charge in [-0.15, -0.1) is 0 Å². The Morgan fingerprint density at radius 1 is 1.21 bits per heavy atom. The summed E-state index contributed by atoms with van der Waals surface area (Å²) in [6.07, 6.45) is -8.30. The first-order chi connectivity index (χ1) is 13.4. The minimum atomic E-state index is -4.57. The maximum atomic E-state index is 12.9. The summed E-state index contributed by atoms with van der Waals surface area (Å²) in [5, 5.41) is 3.77. The van der Waals surface area contributed by atoms with Crippen LogP contribution in [0.2, 0.25) is 0 Å². The van der Waals surface area contributed by atoms with E-state index in [0.717, 1.165) is 12.1 Å². The molecule has 0 unspecified atom stereocenters. The van der Waals surface area contributed by atoms with Crippen LogP contribution in [-0.2, 0) is 22.4 Å². The molecule has 1 aromatic heterocycles. The van der Waals surface area contributed by atoms with Crippen molar-refractivity contribution < 1.29 is 36.4 Å². The summed E-state index contributed by atoms with van der Waals surface area (Å²) in [5.41, 5.74) is 0.0995. The molecule has 0 fully saturated rings. The molecule has 10 heteroatoms. The number of rotatable bonds is 8. The van der Waals surface area contributed by atoms with E-state index in [4.69, 9.17) is 9.26 Å². The molecule has 6 nitrogen and oxygen atoms in total. The summed E-state index contributed by atoms with van der Waals surface area (Å²) in [7, 11) is 0. The Morgan fingerprint density at radius 3 is 2.38 bits per heavy atom. The Kier molecular flexibility index (Phi) is 6.66. The summed E-state index contributed by atoms with van der Waals surface area (Å²) in [6, 6.07) is 5.09. The first kappa shape index (κ1) is 22.4. The molecule has 158 valence electrons. The van der Waals surface area contributed by atoms with Gasteiger partial charge in [-0.1, -0.05) is 23.9 Å². The van der Waals surface area contributed by atoms with E-state index in [1.807, 2.05) is 0 Å². The van der Waals surface area contributed by atoms with Gasteiger partial charge in [0.05, 0.1) is 6.42 Å². The predicted molar refractivity (Wildman–Crippen MR) is 93.8 cm³/mol. The molecule has 0 aliphatic heterocycles. The second-order valence-electron chi connectivity index (χ2n) is 7.17. The minimum Gasteiger partial charge on any atom is -0.457 e. The molecule has 0 aliphatic carbocycles. The van der Waals surface area contributed by atoms with Crippen molar-refractivity contribution in [1.82, 2.24) is 10.1 Å². The van der Waals surface area contributed by atoms with Crippen LogP contribution in [0.1, 0.15) is 38.0 Å². The molecule has 0 atom stereocenters. The Hall–Kier alpha value is -2.91. The Bertz CT molecular complexity index is 858. The van der Waals surface area contributed by atoms with Crippen LogP contribution < -0.4 is 4.74 Å². The highest BCUT2D eigenvalue weighted by molar-refractivity contribution is 5.88. The van der Waals surface area contributed by atoms with Crippen LogP contribution in [-0.4, -0.2) is 34.2 Å². The number of halogens is 4. The molecule has 29 heavy (non-hydrogen) atoms. The molecule has 1 aromatic carbocycles. The predicted octanol–water partition coefficient (Wildman–Crippen LogP) is 4.34. The highest BCUT2D eigenvalue weighted by Crippen LogP contribution is 2.27. The van der Waals surface area contributed by atoms with Crippen molar-refractivity contribution in [2.75, 3.05) is 0 Å².